The van der Waals surface area contributed by atoms with Gasteiger partial charge in [0.2, 0.25) is 5.91 Å². The summed E-state index contributed by atoms with van der Waals surface area (Å²) >= 11 is 0. The zero-order chi connectivity index (χ0) is 13.1. The quantitative estimate of drug-likeness (QED) is 0.816. The van der Waals surface area contributed by atoms with Crippen molar-refractivity contribution in [1.29, 1.82) is 0 Å². The van der Waals surface area contributed by atoms with Gasteiger partial charge in [-0.25, -0.2) is 4.79 Å². The van der Waals surface area contributed by atoms with E-state index >= 15 is 0 Å². The van der Waals surface area contributed by atoms with E-state index in [0.717, 1.165) is 13.0 Å². The molecule has 1 aliphatic heterocycles. The third-order valence-electron chi connectivity index (χ3n) is 2.43. The van der Waals surface area contributed by atoms with E-state index in [2.05, 4.69) is 5.32 Å². The minimum atomic E-state index is -0.493. The van der Waals surface area contributed by atoms with Crippen molar-refractivity contribution >= 4 is 12.0 Å². The average molecular weight is 242 g/mol. The molecule has 1 atom stereocenters. The molecular formula is C12H22N2O3. The molecule has 98 valence electrons. The Morgan fingerprint density at radius 1 is 1.53 bits per heavy atom. The zero-order valence-electron chi connectivity index (χ0n) is 11.1. The lowest BCUT2D eigenvalue weighted by Crippen LogP contribution is -2.44. The smallest absolute Gasteiger partial charge is 0.407 e. The maximum Gasteiger partial charge on any atom is 0.407 e. The second kappa shape index (κ2) is 5.38. The Labute approximate surface area is 102 Å². The number of nitrogens with one attached hydrogen (secondary N) is 1. The number of carbonyl (C=O) groups excluding carboxylic acids is 2. The van der Waals surface area contributed by atoms with E-state index in [4.69, 9.17) is 4.74 Å². The standard InChI is InChI=1S/C12H22N2O3/c1-9(8-14-7-5-6-10(14)15)13-11(16)17-12(2,3)4/h9H,5-8H2,1-4H3,(H,13,16). The SMILES string of the molecule is CC(CN1CCCC1=O)NC(=O)OC(C)(C)C. The van der Waals surface area contributed by atoms with E-state index in [1.807, 2.05) is 27.7 Å². The van der Waals surface area contributed by atoms with E-state index in [9.17, 15) is 9.59 Å². The second-order valence-electron chi connectivity index (χ2n) is 5.49. The van der Waals surface area contributed by atoms with Gasteiger partial charge in [0.15, 0.2) is 0 Å². The summed E-state index contributed by atoms with van der Waals surface area (Å²) in [6.07, 6.45) is 1.11. The van der Waals surface area contributed by atoms with E-state index in [1.165, 1.54) is 0 Å². The number of alkyl carbamates (subject to hydrolysis) is 1. The predicted octanol–water partition coefficient (Wildman–Crippen LogP) is 1.52. The number of nitrogens with zero attached hydrogens (tertiary/aromatic N) is 1. The van der Waals surface area contributed by atoms with Gasteiger partial charge in [0.05, 0.1) is 0 Å². The molecule has 0 radical (unpaired) electrons. The average Bonchev–Trinajstić information content (AvgIpc) is 2.47. The fraction of sp³-hybridized carbons (Fsp3) is 0.833. The fourth-order valence-electron chi connectivity index (χ4n) is 1.78. The van der Waals surface area contributed by atoms with Crippen molar-refractivity contribution in [3.8, 4) is 0 Å². The lowest BCUT2D eigenvalue weighted by atomic mass is 10.2. The van der Waals surface area contributed by atoms with Crippen molar-refractivity contribution < 1.29 is 14.3 Å². The van der Waals surface area contributed by atoms with Crippen LogP contribution < -0.4 is 5.32 Å². The van der Waals surface area contributed by atoms with Crippen molar-refractivity contribution in [1.82, 2.24) is 10.2 Å². The van der Waals surface area contributed by atoms with Crippen LogP contribution in [0.25, 0.3) is 0 Å². The van der Waals surface area contributed by atoms with Gasteiger partial charge in [-0.05, 0) is 34.1 Å². The summed E-state index contributed by atoms with van der Waals surface area (Å²) < 4.78 is 5.15. The number of amides is 2. The molecule has 0 aromatic carbocycles. The Bertz CT molecular complexity index is 297. The Morgan fingerprint density at radius 3 is 2.65 bits per heavy atom. The number of hydrogen-bond donors (Lipinski definition) is 1. The highest BCUT2D eigenvalue weighted by Gasteiger charge is 2.23. The number of rotatable bonds is 3. The number of hydrogen-bond acceptors (Lipinski definition) is 3. The van der Waals surface area contributed by atoms with Crippen molar-refractivity contribution in [3.63, 3.8) is 0 Å². The largest absolute Gasteiger partial charge is 0.444 e. The first kappa shape index (κ1) is 13.8. The van der Waals surface area contributed by atoms with Gasteiger partial charge in [0.25, 0.3) is 0 Å². The molecule has 1 unspecified atom stereocenters. The summed E-state index contributed by atoms with van der Waals surface area (Å²) in [6.45, 7) is 8.68. The summed E-state index contributed by atoms with van der Waals surface area (Å²) in [6, 6.07) is -0.0908. The van der Waals surface area contributed by atoms with Crippen LogP contribution in [0.3, 0.4) is 0 Å². The van der Waals surface area contributed by atoms with Crippen LogP contribution >= 0.6 is 0 Å². The monoisotopic (exact) mass is 242 g/mol. The molecule has 0 spiro atoms. The van der Waals surface area contributed by atoms with Crippen LogP contribution in [0.1, 0.15) is 40.5 Å². The van der Waals surface area contributed by atoms with E-state index in [1.54, 1.807) is 4.90 Å². The summed E-state index contributed by atoms with van der Waals surface area (Å²) in [4.78, 5) is 24.7. The maximum absolute atomic E-state index is 11.5. The molecule has 1 fully saturated rings. The first-order valence-corrected chi connectivity index (χ1v) is 6.05. The van der Waals surface area contributed by atoms with Gasteiger partial charge in [0.1, 0.15) is 5.60 Å². The Morgan fingerprint density at radius 2 is 2.18 bits per heavy atom. The van der Waals surface area contributed by atoms with Gasteiger partial charge in [-0.2, -0.15) is 0 Å². The summed E-state index contributed by atoms with van der Waals surface area (Å²) in [5, 5.41) is 2.73. The first-order chi connectivity index (χ1) is 7.78. The summed E-state index contributed by atoms with van der Waals surface area (Å²) in [7, 11) is 0. The minimum absolute atomic E-state index is 0.0908. The highest BCUT2D eigenvalue weighted by molar-refractivity contribution is 5.78. The summed E-state index contributed by atoms with van der Waals surface area (Å²) in [5.41, 5.74) is -0.493. The molecule has 0 saturated carbocycles. The van der Waals surface area contributed by atoms with Crippen LogP contribution in [-0.2, 0) is 9.53 Å². The molecule has 1 aliphatic rings. The van der Waals surface area contributed by atoms with Gasteiger partial charge in [-0.3, -0.25) is 4.79 Å². The lowest BCUT2D eigenvalue weighted by molar-refractivity contribution is -0.127. The van der Waals surface area contributed by atoms with E-state index in [0.29, 0.717) is 13.0 Å². The first-order valence-electron chi connectivity index (χ1n) is 6.05. The summed E-state index contributed by atoms with van der Waals surface area (Å²) in [5.74, 6) is 0.169. The molecule has 1 N–H and O–H groups in total. The molecule has 1 heterocycles. The van der Waals surface area contributed by atoms with Crippen LogP contribution in [0, 0.1) is 0 Å². The minimum Gasteiger partial charge on any atom is -0.444 e. The van der Waals surface area contributed by atoms with Crippen molar-refractivity contribution in [3.05, 3.63) is 0 Å². The third-order valence-corrected chi connectivity index (χ3v) is 2.43. The van der Waals surface area contributed by atoms with Gasteiger partial charge >= 0.3 is 6.09 Å². The Hall–Kier alpha value is -1.26. The van der Waals surface area contributed by atoms with E-state index in [-0.39, 0.29) is 11.9 Å². The molecule has 5 heteroatoms. The van der Waals surface area contributed by atoms with Gasteiger partial charge in [-0.1, -0.05) is 0 Å². The number of ether oxygens (including phenoxy) is 1. The molecule has 0 aromatic rings. The van der Waals surface area contributed by atoms with E-state index < -0.39 is 11.7 Å². The van der Waals surface area contributed by atoms with Crippen LogP contribution in [0.15, 0.2) is 0 Å². The highest BCUT2D eigenvalue weighted by atomic mass is 16.6. The fourth-order valence-corrected chi connectivity index (χ4v) is 1.78. The molecule has 0 aromatic heterocycles. The maximum atomic E-state index is 11.5. The molecule has 2 amide bonds. The van der Waals surface area contributed by atoms with Gasteiger partial charge < -0.3 is 15.0 Å². The zero-order valence-corrected chi connectivity index (χ0v) is 11.1. The normalized spacial score (nSPS) is 18.1. The predicted molar refractivity (Wildman–Crippen MR) is 64.6 cm³/mol. The molecule has 0 aliphatic carbocycles. The van der Waals surface area contributed by atoms with Crippen LogP contribution in [-0.4, -0.2) is 41.6 Å². The van der Waals surface area contributed by atoms with Crippen LogP contribution in [0.4, 0.5) is 4.79 Å². The molecular weight excluding hydrogens is 220 g/mol. The molecule has 5 nitrogen and oxygen atoms in total. The lowest BCUT2D eigenvalue weighted by Gasteiger charge is -2.24. The van der Waals surface area contributed by atoms with Gasteiger partial charge in [0, 0.05) is 25.6 Å². The van der Waals surface area contributed by atoms with Crippen LogP contribution in [0.2, 0.25) is 0 Å². The molecule has 0 bridgehead atoms. The molecule has 17 heavy (non-hydrogen) atoms. The van der Waals surface area contributed by atoms with Crippen LogP contribution in [0.5, 0.6) is 0 Å². The number of carbonyl (C=O) groups is 2. The topological polar surface area (TPSA) is 58.6 Å². The Kier molecular flexibility index (Phi) is 4.37. The van der Waals surface area contributed by atoms with Gasteiger partial charge in [-0.15, -0.1) is 0 Å². The molecule has 1 saturated heterocycles. The number of likely N-dealkylation sites (tertiary alicyclic amines) is 1. The molecule has 1 rings (SSSR count). The third kappa shape index (κ3) is 5.06. The highest BCUT2D eigenvalue weighted by Crippen LogP contribution is 2.10. The van der Waals surface area contributed by atoms with Crippen molar-refractivity contribution in [2.75, 3.05) is 13.1 Å². The second-order valence-corrected chi connectivity index (χ2v) is 5.49. The van der Waals surface area contributed by atoms with Crippen molar-refractivity contribution in [2.45, 2.75) is 52.2 Å². The van der Waals surface area contributed by atoms with Crippen molar-refractivity contribution in [2.24, 2.45) is 0 Å². The Balaban J connectivity index is 2.31.